The molecule has 7 nitrogen and oxygen atoms in total. The number of aryl methyl sites for hydroxylation is 1. The zero-order chi connectivity index (χ0) is 25.4. The Bertz CT molecular complexity index is 1440. The molecule has 2 heterocycles. The number of carbonyl (C=O) groups is 2. The Hall–Kier alpha value is -4.52. The van der Waals surface area contributed by atoms with Crippen molar-refractivity contribution in [1.82, 2.24) is 0 Å². The van der Waals surface area contributed by atoms with Crippen molar-refractivity contribution in [1.29, 1.82) is 0 Å². The number of ether oxygens (including phenoxy) is 2. The van der Waals surface area contributed by atoms with Gasteiger partial charge in [0.2, 0.25) is 0 Å². The van der Waals surface area contributed by atoms with E-state index in [0.717, 1.165) is 29.5 Å². The number of anilines is 1. The van der Waals surface area contributed by atoms with Gasteiger partial charge in [0.25, 0.3) is 0 Å². The minimum absolute atomic E-state index is 0.0273. The van der Waals surface area contributed by atoms with E-state index in [1.54, 1.807) is 11.0 Å². The van der Waals surface area contributed by atoms with Crippen LogP contribution in [0.25, 0.3) is 11.1 Å². The first kappa shape index (κ1) is 22.9. The number of carboxylic acid groups (broad SMARTS) is 1. The van der Waals surface area contributed by atoms with E-state index in [9.17, 15) is 14.7 Å². The maximum Gasteiger partial charge on any atom is 0.414 e. The number of rotatable bonds is 6. The van der Waals surface area contributed by atoms with Crippen LogP contribution in [0.3, 0.4) is 0 Å². The number of benzene rings is 3. The summed E-state index contributed by atoms with van der Waals surface area (Å²) in [5.74, 6) is -0.407. The predicted molar refractivity (Wildman–Crippen MR) is 137 cm³/mol. The average Bonchev–Trinajstić information content (AvgIpc) is 3.53. The second-order valence-electron chi connectivity index (χ2n) is 9.17. The molecule has 0 radical (unpaired) electrons. The van der Waals surface area contributed by atoms with Crippen molar-refractivity contribution < 1.29 is 28.6 Å². The minimum atomic E-state index is -1.08. The van der Waals surface area contributed by atoms with E-state index in [4.69, 9.17) is 13.9 Å². The molecule has 3 aromatic carbocycles. The van der Waals surface area contributed by atoms with Crippen molar-refractivity contribution in [3.63, 3.8) is 0 Å². The maximum absolute atomic E-state index is 13.4. The number of hydrogen-bond acceptors (Lipinski definition) is 5. The van der Waals surface area contributed by atoms with Gasteiger partial charge in [-0.05, 0) is 52.8 Å². The molecule has 2 aliphatic rings. The lowest BCUT2D eigenvalue weighted by molar-refractivity contribution is 0.0691. The van der Waals surface area contributed by atoms with Gasteiger partial charge < -0.3 is 19.0 Å². The third kappa shape index (κ3) is 4.12. The van der Waals surface area contributed by atoms with Crippen molar-refractivity contribution in [2.45, 2.75) is 25.4 Å². The van der Waals surface area contributed by atoms with E-state index in [0.29, 0.717) is 18.0 Å². The number of aromatic carboxylic acids is 1. The molecule has 1 amide bonds. The summed E-state index contributed by atoms with van der Waals surface area (Å²) >= 11 is 0. The molecule has 0 saturated carbocycles. The number of para-hydroxylation sites is 1. The third-order valence-electron chi connectivity index (χ3n) is 7.07. The normalized spacial score (nSPS) is 14.0. The second kappa shape index (κ2) is 9.50. The van der Waals surface area contributed by atoms with Gasteiger partial charge >= 0.3 is 12.1 Å². The van der Waals surface area contributed by atoms with Crippen molar-refractivity contribution in [2.75, 3.05) is 18.1 Å². The smallest absolute Gasteiger partial charge is 0.414 e. The van der Waals surface area contributed by atoms with Gasteiger partial charge in [-0.2, -0.15) is 0 Å². The lowest BCUT2D eigenvalue weighted by Crippen LogP contribution is -2.37. The highest BCUT2D eigenvalue weighted by Gasteiger charge is 2.32. The minimum Gasteiger partial charge on any atom is -0.483 e. The van der Waals surface area contributed by atoms with Crippen LogP contribution in [0.15, 0.2) is 83.5 Å². The molecule has 0 atom stereocenters. The molecule has 0 fully saturated rings. The standard InChI is InChI=1S/C30H25NO6/c32-29(33)24-14-16-35-27(24)18-36-26-13-5-7-19-8-6-15-31(28(19)26)30(34)37-17-25-22-11-3-1-9-20(22)21-10-2-4-12-23(21)25/h1-5,7,9-14,16,25H,6,8,15,17-18H2,(H,32,33). The molecular weight excluding hydrogens is 470 g/mol. The number of furan rings is 1. The average molecular weight is 496 g/mol. The van der Waals surface area contributed by atoms with Crippen LogP contribution in [0.4, 0.5) is 10.5 Å². The first-order valence-corrected chi connectivity index (χ1v) is 12.3. The number of hydrogen-bond donors (Lipinski definition) is 1. The first-order valence-electron chi connectivity index (χ1n) is 12.3. The molecule has 0 bridgehead atoms. The van der Waals surface area contributed by atoms with Crippen LogP contribution in [0.5, 0.6) is 5.75 Å². The Labute approximate surface area is 213 Å². The number of carboxylic acids is 1. The Morgan fingerprint density at radius 2 is 1.68 bits per heavy atom. The Balaban J connectivity index is 1.22. The fourth-order valence-corrected chi connectivity index (χ4v) is 5.37. The van der Waals surface area contributed by atoms with E-state index in [2.05, 4.69) is 24.3 Å². The number of nitrogens with zero attached hydrogens (tertiary/aromatic N) is 1. The highest BCUT2D eigenvalue weighted by Crippen LogP contribution is 2.45. The van der Waals surface area contributed by atoms with Crippen molar-refractivity contribution in [3.05, 3.63) is 107 Å². The van der Waals surface area contributed by atoms with Gasteiger partial charge in [0, 0.05) is 12.5 Å². The zero-order valence-corrected chi connectivity index (χ0v) is 20.1. The Kier molecular flexibility index (Phi) is 5.88. The lowest BCUT2D eigenvalue weighted by atomic mass is 9.98. The second-order valence-corrected chi connectivity index (χ2v) is 9.17. The van der Waals surface area contributed by atoms with Crippen molar-refractivity contribution in [3.8, 4) is 16.9 Å². The first-order chi connectivity index (χ1) is 18.1. The summed E-state index contributed by atoms with van der Waals surface area (Å²) in [5, 5.41) is 9.35. The van der Waals surface area contributed by atoms with E-state index in [1.165, 1.54) is 23.5 Å². The summed E-state index contributed by atoms with van der Waals surface area (Å²) in [6, 6.07) is 23.5. The molecule has 4 aromatic rings. The number of amides is 1. The van der Waals surface area contributed by atoms with E-state index >= 15 is 0 Å². The molecule has 1 aliphatic heterocycles. The summed E-state index contributed by atoms with van der Waals surface area (Å²) in [4.78, 5) is 26.5. The van der Waals surface area contributed by atoms with Crippen LogP contribution < -0.4 is 9.64 Å². The van der Waals surface area contributed by atoms with E-state index in [1.807, 2.05) is 36.4 Å². The van der Waals surface area contributed by atoms with Gasteiger partial charge in [-0.1, -0.05) is 60.7 Å². The van der Waals surface area contributed by atoms with Crippen molar-refractivity contribution in [2.24, 2.45) is 0 Å². The fourth-order valence-electron chi connectivity index (χ4n) is 5.37. The van der Waals surface area contributed by atoms with Gasteiger partial charge in [-0.3, -0.25) is 4.90 Å². The van der Waals surface area contributed by atoms with Gasteiger partial charge in [-0.25, -0.2) is 9.59 Å². The highest BCUT2D eigenvalue weighted by atomic mass is 16.6. The predicted octanol–water partition coefficient (Wildman–Crippen LogP) is 6.26. The molecular formula is C30H25NO6. The summed E-state index contributed by atoms with van der Waals surface area (Å²) < 4.78 is 17.2. The molecule has 7 heteroatoms. The largest absolute Gasteiger partial charge is 0.483 e. The zero-order valence-electron chi connectivity index (χ0n) is 20.1. The molecule has 6 rings (SSSR count). The van der Waals surface area contributed by atoms with Crippen LogP contribution in [-0.2, 0) is 17.8 Å². The Morgan fingerprint density at radius 3 is 2.41 bits per heavy atom. The maximum atomic E-state index is 13.4. The third-order valence-corrected chi connectivity index (χ3v) is 7.07. The van der Waals surface area contributed by atoms with Crippen LogP contribution in [0.2, 0.25) is 0 Å². The molecule has 1 aliphatic carbocycles. The molecule has 0 spiro atoms. The molecule has 0 unspecified atom stereocenters. The lowest BCUT2D eigenvalue weighted by Gasteiger charge is -2.30. The van der Waals surface area contributed by atoms with E-state index < -0.39 is 12.1 Å². The molecule has 1 N–H and O–H groups in total. The highest BCUT2D eigenvalue weighted by molar-refractivity contribution is 5.92. The van der Waals surface area contributed by atoms with Crippen molar-refractivity contribution >= 4 is 17.7 Å². The Morgan fingerprint density at radius 1 is 0.946 bits per heavy atom. The number of carbonyl (C=O) groups excluding carboxylic acids is 1. The van der Waals surface area contributed by atoms with Crippen LogP contribution in [-0.4, -0.2) is 30.3 Å². The van der Waals surface area contributed by atoms with Crippen LogP contribution in [0.1, 0.15) is 45.1 Å². The van der Waals surface area contributed by atoms with Gasteiger partial charge in [-0.15, -0.1) is 0 Å². The summed E-state index contributed by atoms with van der Waals surface area (Å²) in [6.07, 6.45) is 2.51. The van der Waals surface area contributed by atoms with Gasteiger partial charge in [0.1, 0.15) is 24.5 Å². The van der Waals surface area contributed by atoms with Gasteiger partial charge in [0.05, 0.1) is 12.0 Å². The quantitative estimate of drug-likeness (QED) is 0.340. The molecule has 186 valence electrons. The van der Waals surface area contributed by atoms with E-state index in [-0.39, 0.29) is 30.5 Å². The van der Waals surface area contributed by atoms with Crippen LogP contribution >= 0.6 is 0 Å². The molecule has 1 aromatic heterocycles. The topological polar surface area (TPSA) is 89.2 Å². The summed E-state index contributed by atoms with van der Waals surface area (Å²) in [7, 11) is 0. The fraction of sp³-hybridized carbons (Fsp3) is 0.200. The summed E-state index contributed by atoms with van der Waals surface area (Å²) in [6.45, 7) is 0.672. The molecule has 37 heavy (non-hydrogen) atoms. The number of fused-ring (bicyclic) bond motifs is 4. The monoisotopic (exact) mass is 495 g/mol. The SMILES string of the molecule is O=C(O)c1ccoc1COc1cccc2c1N(C(=O)OCC1c3ccccc3-c3ccccc31)CCC2. The molecule has 0 saturated heterocycles. The summed E-state index contributed by atoms with van der Waals surface area (Å²) in [5.41, 5.74) is 6.37. The van der Waals surface area contributed by atoms with Crippen LogP contribution in [0, 0.1) is 0 Å². The van der Waals surface area contributed by atoms with Gasteiger partial charge in [0.15, 0.2) is 5.76 Å².